The van der Waals surface area contributed by atoms with Gasteiger partial charge < -0.3 is 16.3 Å². The van der Waals surface area contributed by atoms with Gasteiger partial charge in [0.25, 0.3) is 0 Å². The monoisotopic (exact) mass is 295 g/mol. The number of unbranched alkanes of at least 4 members (excludes halogenated alkanes) is 1. The van der Waals surface area contributed by atoms with Crippen LogP contribution in [-0.4, -0.2) is 24.1 Å². The molecule has 0 aliphatic heterocycles. The van der Waals surface area contributed by atoms with Crippen molar-refractivity contribution in [3.05, 3.63) is 35.6 Å². The second kappa shape index (κ2) is 8.62. The molecule has 1 aromatic rings. The first kappa shape index (κ1) is 17.4. The van der Waals surface area contributed by atoms with Crippen LogP contribution in [0.25, 0.3) is 0 Å². The van der Waals surface area contributed by atoms with E-state index in [2.05, 4.69) is 10.5 Å². The summed E-state index contributed by atoms with van der Waals surface area (Å²) in [6, 6.07) is 6.87. The van der Waals surface area contributed by atoms with Gasteiger partial charge in [-0.25, -0.2) is 4.39 Å². The van der Waals surface area contributed by atoms with Crippen molar-refractivity contribution in [2.75, 3.05) is 13.1 Å². The summed E-state index contributed by atoms with van der Waals surface area (Å²) in [5.74, 6) is 0.134. The van der Waals surface area contributed by atoms with E-state index < -0.39 is 0 Å². The van der Waals surface area contributed by atoms with Crippen molar-refractivity contribution >= 4 is 5.84 Å². The number of nitrogens with one attached hydrogen (secondary N) is 1. The predicted molar refractivity (Wildman–Crippen MR) is 84.0 cm³/mol. The summed E-state index contributed by atoms with van der Waals surface area (Å²) >= 11 is 0. The van der Waals surface area contributed by atoms with Crippen LogP contribution in [0.4, 0.5) is 4.39 Å². The third kappa shape index (κ3) is 6.12. The molecule has 4 N–H and O–H groups in total. The molecule has 0 unspecified atom stereocenters. The van der Waals surface area contributed by atoms with Crippen LogP contribution in [0.15, 0.2) is 29.4 Å². The Bertz CT molecular complexity index is 461. The van der Waals surface area contributed by atoms with Crippen molar-refractivity contribution in [3.8, 4) is 0 Å². The number of hydrogen-bond donors (Lipinski definition) is 3. The maximum atomic E-state index is 13.4. The van der Waals surface area contributed by atoms with Crippen LogP contribution in [-0.2, 0) is 6.42 Å². The lowest BCUT2D eigenvalue weighted by molar-refractivity contribution is 0.304. The molecular formula is C16H26FN3O. The molecule has 1 aromatic carbocycles. The lowest BCUT2D eigenvalue weighted by atomic mass is 9.86. The van der Waals surface area contributed by atoms with Crippen LogP contribution in [0.1, 0.15) is 38.7 Å². The second-order valence-electron chi connectivity index (χ2n) is 5.92. The van der Waals surface area contributed by atoms with Crippen molar-refractivity contribution in [1.29, 1.82) is 0 Å². The zero-order valence-electron chi connectivity index (χ0n) is 12.9. The van der Waals surface area contributed by atoms with Crippen LogP contribution in [0, 0.1) is 11.2 Å². The standard InChI is InChI=1S/C16H26FN3O/c1-16(2,15(18)20-21)10-5-6-11-19-12-9-13-7-3-4-8-14(13)17/h3-4,7-8,19,21H,5-6,9-12H2,1-2H3,(H2,18,20). The van der Waals surface area contributed by atoms with Crippen molar-refractivity contribution in [1.82, 2.24) is 5.32 Å². The summed E-state index contributed by atoms with van der Waals surface area (Å²) in [6.45, 7) is 5.59. The summed E-state index contributed by atoms with van der Waals surface area (Å²) in [5.41, 5.74) is 6.11. The molecule has 118 valence electrons. The predicted octanol–water partition coefficient (Wildman–Crippen LogP) is 2.90. The topological polar surface area (TPSA) is 70.6 Å². The Morgan fingerprint density at radius 2 is 2.00 bits per heavy atom. The summed E-state index contributed by atoms with van der Waals surface area (Å²) in [6.07, 6.45) is 3.58. The van der Waals surface area contributed by atoms with E-state index in [0.29, 0.717) is 6.42 Å². The summed E-state index contributed by atoms with van der Waals surface area (Å²) in [4.78, 5) is 0. The van der Waals surface area contributed by atoms with E-state index in [9.17, 15) is 4.39 Å². The van der Waals surface area contributed by atoms with Crippen LogP contribution < -0.4 is 11.1 Å². The van der Waals surface area contributed by atoms with Gasteiger partial charge in [0.2, 0.25) is 0 Å². The molecule has 0 spiro atoms. The van der Waals surface area contributed by atoms with Crippen molar-refractivity contribution in [2.24, 2.45) is 16.3 Å². The number of benzene rings is 1. The molecule has 0 atom stereocenters. The molecule has 0 radical (unpaired) electrons. The van der Waals surface area contributed by atoms with E-state index in [4.69, 9.17) is 10.9 Å². The Hall–Kier alpha value is -1.62. The number of amidine groups is 1. The largest absolute Gasteiger partial charge is 0.409 e. The molecular weight excluding hydrogens is 269 g/mol. The number of hydrogen-bond acceptors (Lipinski definition) is 3. The van der Waals surface area contributed by atoms with Crippen molar-refractivity contribution in [3.63, 3.8) is 0 Å². The van der Waals surface area contributed by atoms with Gasteiger partial charge in [0.1, 0.15) is 11.7 Å². The lowest BCUT2D eigenvalue weighted by Crippen LogP contribution is -2.32. The van der Waals surface area contributed by atoms with Gasteiger partial charge >= 0.3 is 0 Å². The van der Waals surface area contributed by atoms with Crippen molar-refractivity contribution in [2.45, 2.75) is 39.5 Å². The highest BCUT2D eigenvalue weighted by Gasteiger charge is 2.22. The maximum absolute atomic E-state index is 13.4. The molecule has 0 aliphatic rings. The maximum Gasteiger partial charge on any atom is 0.144 e. The molecule has 5 heteroatoms. The molecule has 0 amide bonds. The van der Waals surface area contributed by atoms with Gasteiger partial charge in [0.15, 0.2) is 0 Å². The molecule has 21 heavy (non-hydrogen) atoms. The molecule has 0 fully saturated rings. The van der Waals surface area contributed by atoms with Gasteiger partial charge in [0.05, 0.1) is 0 Å². The first-order valence-corrected chi connectivity index (χ1v) is 7.39. The minimum atomic E-state index is -0.276. The van der Waals surface area contributed by atoms with Gasteiger partial charge in [-0.05, 0) is 44.0 Å². The van der Waals surface area contributed by atoms with Crippen LogP contribution in [0.5, 0.6) is 0 Å². The quantitative estimate of drug-likeness (QED) is 0.216. The first-order valence-electron chi connectivity index (χ1n) is 7.39. The molecule has 0 bridgehead atoms. The number of rotatable bonds is 9. The highest BCUT2D eigenvalue weighted by Crippen LogP contribution is 2.23. The zero-order chi connectivity index (χ0) is 15.7. The second-order valence-corrected chi connectivity index (χ2v) is 5.92. The average molecular weight is 295 g/mol. The van der Waals surface area contributed by atoms with Gasteiger partial charge in [-0.15, -0.1) is 0 Å². The first-order chi connectivity index (χ1) is 9.97. The van der Waals surface area contributed by atoms with Crippen LogP contribution in [0.2, 0.25) is 0 Å². The zero-order valence-corrected chi connectivity index (χ0v) is 12.9. The number of halogens is 1. The molecule has 0 saturated heterocycles. The van der Waals surface area contributed by atoms with Gasteiger partial charge in [-0.3, -0.25) is 0 Å². The molecule has 0 aliphatic carbocycles. The fourth-order valence-electron chi connectivity index (χ4n) is 2.13. The fraction of sp³-hybridized carbons (Fsp3) is 0.562. The van der Waals surface area contributed by atoms with E-state index in [1.54, 1.807) is 6.07 Å². The third-order valence-electron chi connectivity index (χ3n) is 3.74. The number of nitrogens with two attached hydrogens (primary N) is 1. The van der Waals surface area contributed by atoms with Crippen LogP contribution >= 0.6 is 0 Å². The van der Waals surface area contributed by atoms with E-state index in [1.807, 2.05) is 26.0 Å². The van der Waals surface area contributed by atoms with Gasteiger partial charge in [0, 0.05) is 5.41 Å². The van der Waals surface area contributed by atoms with Crippen LogP contribution in [0.3, 0.4) is 0 Å². The highest BCUT2D eigenvalue weighted by molar-refractivity contribution is 5.85. The van der Waals surface area contributed by atoms with Gasteiger partial charge in [-0.2, -0.15) is 0 Å². The normalized spacial score (nSPS) is 12.6. The smallest absolute Gasteiger partial charge is 0.144 e. The Morgan fingerprint density at radius 3 is 2.67 bits per heavy atom. The average Bonchev–Trinajstić information content (AvgIpc) is 2.47. The minimum Gasteiger partial charge on any atom is -0.409 e. The van der Waals surface area contributed by atoms with E-state index >= 15 is 0 Å². The SMILES string of the molecule is CC(C)(CCCCNCCc1ccccc1F)/C(N)=N/O. The Morgan fingerprint density at radius 1 is 1.29 bits per heavy atom. The Kier molecular flexibility index (Phi) is 7.15. The summed E-state index contributed by atoms with van der Waals surface area (Å²) < 4.78 is 13.4. The molecule has 1 rings (SSSR count). The van der Waals surface area contributed by atoms with E-state index in [1.165, 1.54) is 6.07 Å². The molecule has 0 heterocycles. The molecule has 4 nitrogen and oxygen atoms in total. The number of oxime groups is 1. The van der Waals surface area contributed by atoms with E-state index in [0.717, 1.165) is 37.9 Å². The van der Waals surface area contributed by atoms with E-state index in [-0.39, 0.29) is 17.1 Å². The Labute approximate surface area is 126 Å². The minimum absolute atomic E-state index is 0.139. The number of nitrogens with zero attached hydrogens (tertiary/aromatic N) is 1. The lowest BCUT2D eigenvalue weighted by Gasteiger charge is -2.22. The third-order valence-corrected chi connectivity index (χ3v) is 3.74. The van der Waals surface area contributed by atoms with Crippen molar-refractivity contribution < 1.29 is 9.60 Å². The summed E-state index contributed by atoms with van der Waals surface area (Å²) in [7, 11) is 0. The summed E-state index contributed by atoms with van der Waals surface area (Å²) in [5, 5.41) is 15.1. The molecule has 0 aromatic heterocycles. The highest BCUT2D eigenvalue weighted by atomic mass is 19.1. The van der Waals surface area contributed by atoms with Gasteiger partial charge in [-0.1, -0.05) is 43.6 Å². The Balaban J connectivity index is 2.12. The molecule has 0 saturated carbocycles. The fourth-order valence-corrected chi connectivity index (χ4v) is 2.13.